The Hall–Kier alpha value is -2.30. The van der Waals surface area contributed by atoms with Crippen molar-refractivity contribution < 1.29 is 13.9 Å². The summed E-state index contributed by atoms with van der Waals surface area (Å²) in [5, 5.41) is 0.901. The highest BCUT2D eigenvalue weighted by Gasteiger charge is 2.26. The van der Waals surface area contributed by atoms with Crippen LogP contribution < -0.4 is 10.4 Å². The average Bonchev–Trinajstić information content (AvgIpc) is 2.66. The number of aryl methyl sites for hydroxylation is 1. The normalized spacial score (nSPS) is 16.4. The van der Waals surface area contributed by atoms with E-state index in [1.165, 1.54) is 25.3 Å². The number of ether oxygens (including phenoxy) is 1. The van der Waals surface area contributed by atoms with Crippen molar-refractivity contribution in [1.29, 1.82) is 0 Å². The van der Waals surface area contributed by atoms with Crippen molar-refractivity contribution in [1.82, 2.24) is 4.90 Å². The molecular weight excluding hydrogens is 330 g/mol. The first kappa shape index (κ1) is 18.5. The van der Waals surface area contributed by atoms with Gasteiger partial charge in [-0.15, -0.1) is 0 Å². The first-order valence-electron chi connectivity index (χ1n) is 9.49. The van der Waals surface area contributed by atoms with Crippen LogP contribution in [-0.2, 0) is 11.2 Å². The van der Waals surface area contributed by atoms with E-state index in [0.717, 1.165) is 30.2 Å². The fourth-order valence-corrected chi connectivity index (χ4v) is 3.77. The van der Waals surface area contributed by atoms with Crippen LogP contribution in [0.3, 0.4) is 0 Å². The van der Waals surface area contributed by atoms with Gasteiger partial charge in [-0.3, -0.25) is 4.79 Å². The van der Waals surface area contributed by atoms with Gasteiger partial charge in [0.05, 0.1) is 0 Å². The number of hydrogen-bond acceptors (Lipinski definition) is 4. The van der Waals surface area contributed by atoms with E-state index in [2.05, 4.69) is 0 Å². The summed E-state index contributed by atoms with van der Waals surface area (Å²) in [6.07, 6.45) is 5.92. The lowest BCUT2D eigenvalue weighted by Gasteiger charge is -2.32. The summed E-state index contributed by atoms with van der Waals surface area (Å²) in [6.45, 7) is 3.77. The lowest BCUT2D eigenvalue weighted by Crippen LogP contribution is -2.44. The maximum atomic E-state index is 12.7. The maximum Gasteiger partial charge on any atom is 0.336 e. The van der Waals surface area contributed by atoms with Gasteiger partial charge < -0.3 is 14.1 Å². The molecule has 140 valence electrons. The Morgan fingerprint density at radius 1 is 1.27 bits per heavy atom. The van der Waals surface area contributed by atoms with Gasteiger partial charge in [0.2, 0.25) is 0 Å². The van der Waals surface area contributed by atoms with Crippen LogP contribution in [0.25, 0.3) is 11.0 Å². The molecule has 1 unspecified atom stereocenters. The molecule has 0 spiro atoms. The van der Waals surface area contributed by atoms with E-state index >= 15 is 0 Å². The predicted molar refractivity (Wildman–Crippen MR) is 102 cm³/mol. The van der Waals surface area contributed by atoms with E-state index in [1.807, 2.05) is 31.0 Å². The van der Waals surface area contributed by atoms with Crippen molar-refractivity contribution in [3.05, 3.63) is 40.2 Å². The van der Waals surface area contributed by atoms with Gasteiger partial charge in [0, 0.05) is 30.6 Å². The highest BCUT2D eigenvalue weighted by molar-refractivity contribution is 5.83. The number of rotatable bonds is 5. The number of benzene rings is 1. The molecule has 1 saturated carbocycles. The minimum absolute atomic E-state index is 0.0132. The molecule has 1 aliphatic carbocycles. The Balaban J connectivity index is 1.75. The Labute approximate surface area is 153 Å². The van der Waals surface area contributed by atoms with Crippen LogP contribution in [0.2, 0.25) is 0 Å². The van der Waals surface area contributed by atoms with Crippen molar-refractivity contribution in [3.8, 4) is 5.75 Å². The highest BCUT2D eigenvalue weighted by Crippen LogP contribution is 2.25. The summed E-state index contributed by atoms with van der Waals surface area (Å²) in [5.74, 6) is 0.521. The van der Waals surface area contributed by atoms with Gasteiger partial charge in [-0.2, -0.15) is 0 Å². The average molecular weight is 357 g/mol. The van der Waals surface area contributed by atoms with Gasteiger partial charge in [0.1, 0.15) is 11.3 Å². The minimum Gasteiger partial charge on any atom is -0.481 e. The van der Waals surface area contributed by atoms with Crippen LogP contribution in [0.4, 0.5) is 0 Å². The van der Waals surface area contributed by atoms with Crippen LogP contribution in [0.15, 0.2) is 33.5 Å². The van der Waals surface area contributed by atoms with Crippen LogP contribution in [-0.4, -0.2) is 30.0 Å². The predicted octanol–water partition coefficient (Wildman–Crippen LogP) is 3.91. The number of nitrogens with zero attached hydrogens (tertiary/aromatic N) is 1. The molecule has 0 N–H and O–H groups in total. The van der Waals surface area contributed by atoms with Gasteiger partial charge in [0.15, 0.2) is 6.10 Å². The Bertz CT molecular complexity index is 836. The molecule has 0 radical (unpaired) electrons. The zero-order valence-electron chi connectivity index (χ0n) is 15.8. The molecular formula is C21H27NO4. The molecule has 1 aromatic carbocycles. The Kier molecular flexibility index (Phi) is 5.64. The molecule has 26 heavy (non-hydrogen) atoms. The summed E-state index contributed by atoms with van der Waals surface area (Å²) >= 11 is 0. The van der Waals surface area contributed by atoms with E-state index in [0.29, 0.717) is 17.4 Å². The lowest BCUT2D eigenvalue weighted by molar-refractivity contribution is -0.139. The van der Waals surface area contributed by atoms with Gasteiger partial charge in [-0.25, -0.2) is 4.79 Å². The van der Waals surface area contributed by atoms with Crippen LogP contribution in [0.5, 0.6) is 5.75 Å². The molecule has 0 saturated heterocycles. The van der Waals surface area contributed by atoms with Crippen molar-refractivity contribution in [2.45, 2.75) is 64.5 Å². The summed E-state index contributed by atoms with van der Waals surface area (Å²) < 4.78 is 11.2. The van der Waals surface area contributed by atoms with Crippen LogP contribution in [0.1, 0.15) is 51.5 Å². The first-order valence-corrected chi connectivity index (χ1v) is 9.49. The monoisotopic (exact) mass is 357 g/mol. The Morgan fingerprint density at radius 3 is 2.69 bits per heavy atom. The molecule has 0 aliphatic heterocycles. The lowest BCUT2D eigenvalue weighted by atomic mass is 9.94. The topological polar surface area (TPSA) is 59.8 Å². The van der Waals surface area contributed by atoms with E-state index < -0.39 is 6.10 Å². The second-order valence-electron chi connectivity index (χ2n) is 7.10. The molecule has 1 heterocycles. The molecule has 1 fully saturated rings. The fourth-order valence-electron chi connectivity index (χ4n) is 3.77. The zero-order valence-corrected chi connectivity index (χ0v) is 15.8. The van der Waals surface area contributed by atoms with Crippen LogP contribution >= 0.6 is 0 Å². The second-order valence-corrected chi connectivity index (χ2v) is 7.10. The van der Waals surface area contributed by atoms with Crippen molar-refractivity contribution in [3.63, 3.8) is 0 Å². The number of amides is 1. The van der Waals surface area contributed by atoms with Gasteiger partial charge in [-0.1, -0.05) is 26.2 Å². The second kappa shape index (κ2) is 7.94. The minimum atomic E-state index is -0.583. The first-order chi connectivity index (χ1) is 12.5. The molecule has 1 atom stereocenters. The molecule has 0 bridgehead atoms. The Morgan fingerprint density at radius 2 is 2.00 bits per heavy atom. The van der Waals surface area contributed by atoms with E-state index in [9.17, 15) is 9.59 Å². The SMILES string of the molecule is CCc1cc(=O)oc2cc(OC(C)C(=O)N(C)C3CCCCC3)ccc12. The third-order valence-electron chi connectivity index (χ3n) is 5.31. The summed E-state index contributed by atoms with van der Waals surface area (Å²) in [6, 6.07) is 7.23. The highest BCUT2D eigenvalue weighted by atomic mass is 16.5. The zero-order chi connectivity index (χ0) is 18.7. The molecule has 5 heteroatoms. The third kappa shape index (κ3) is 3.92. The number of carbonyl (C=O) groups excluding carboxylic acids is 1. The van der Waals surface area contributed by atoms with Crippen molar-refractivity contribution in [2.75, 3.05) is 7.05 Å². The summed E-state index contributed by atoms with van der Waals surface area (Å²) in [5.41, 5.74) is 1.07. The van der Waals surface area contributed by atoms with Crippen LogP contribution in [0, 0.1) is 0 Å². The van der Waals surface area contributed by atoms with E-state index in [-0.39, 0.29) is 11.5 Å². The van der Waals surface area contributed by atoms with Crippen molar-refractivity contribution in [2.24, 2.45) is 0 Å². The quantitative estimate of drug-likeness (QED) is 0.761. The van der Waals surface area contributed by atoms with Gasteiger partial charge in [-0.05, 0) is 43.9 Å². The molecule has 2 aromatic rings. The van der Waals surface area contributed by atoms with Gasteiger partial charge in [0.25, 0.3) is 5.91 Å². The maximum absolute atomic E-state index is 12.7. The molecule has 5 nitrogen and oxygen atoms in total. The number of fused-ring (bicyclic) bond motifs is 1. The molecule has 1 aromatic heterocycles. The molecule has 3 rings (SSSR count). The summed E-state index contributed by atoms with van der Waals surface area (Å²) in [7, 11) is 1.87. The van der Waals surface area contributed by atoms with E-state index in [1.54, 1.807) is 13.0 Å². The van der Waals surface area contributed by atoms with E-state index in [4.69, 9.17) is 9.15 Å². The standard InChI is InChI=1S/C21H27NO4/c1-4-15-12-20(23)26-19-13-17(10-11-18(15)19)25-14(2)21(24)22(3)16-8-6-5-7-9-16/h10-14,16H,4-9H2,1-3H3. The fraction of sp³-hybridized carbons (Fsp3) is 0.524. The molecule has 1 amide bonds. The van der Waals surface area contributed by atoms with Gasteiger partial charge >= 0.3 is 5.63 Å². The van der Waals surface area contributed by atoms with Crippen molar-refractivity contribution >= 4 is 16.9 Å². The third-order valence-corrected chi connectivity index (χ3v) is 5.31. The number of likely N-dealkylation sites (N-methyl/N-ethyl adjacent to an activating group) is 1. The molecule has 1 aliphatic rings. The number of carbonyl (C=O) groups is 1. The summed E-state index contributed by atoms with van der Waals surface area (Å²) in [4.78, 5) is 26.2. The number of hydrogen-bond donors (Lipinski definition) is 0. The smallest absolute Gasteiger partial charge is 0.336 e. The largest absolute Gasteiger partial charge is 0.481 e.